The molecular weight excluding hydrogens is 248 g/mol. The third-order valence-corrected chi connectivity index (χ3v) is 3.32. The number of anilines is 1. The molecule has 0 aliphatic heterocycles. The summed E-state index contributed by atoms with van der Waals surface area (Å²) in [5, 5.41) is 3.51. The van der Waals surface area contributed by atoms with Crippen LogP contribution in [0.2, 0.25) is 0 Å². The lowest BCUT2D eigenvalue weighted by atomic mass is 10.0. The van der Waals surface area contributed by atoms with Crippen molar-refractivity contribution in [2.75, 3.05) is 19.0 Å². The Bertz CT molecular complexity index is 514. The van der Waals surface area contributed by atoms with Gasteiger partial charge in [0.1, 0.15) is 5.76 Å². The van der Waals surface area contributed by atoms with E-state index in [0.717, 1.165) is 18.7 Å². The van der Waals surface area contributed by atoms with E-state index in [4.69, 9.17) is 4.42 Å². The molecule has 3 heteroatoms. The molecule has 1 atom stereocenters. The Balaban J connectivity index is 2.05. The van der Waals surface area contributed by atoms with E-state index < -0.39 is 0 Å². The van der Waals surface area contributed by atoms with E-state index in [1.165, 1.54) is 11.3 Å². The van der Waals surface area contributed by atoms with Gasteiger partial charge in [-0.3, -0.25) is 0 Å². The molecule has 2 aromatic rings. The van der Waals surface area contributed by atoms with Crippen molar-refractivity contribution >= 4 is 5.69 Å². The van der Waals surface area contributed by atoms with Crippen LogP contribution in [0.5, 0.6) is 0 Å². The molecule has 1 heterocycles. The highest BCUT2D eigenvalue weighted by molar-refractivity contribution is 5.46. The van der Waals surface area contributed by atoms with Crippen LogP contribution in [0.25, 0.3) is 0 Å². The van der Waals surface area contributed by atoms with E-state index >= 15 is 0 Å². The van der Waals surface area contributed by atoms with Gasteiger partial charge in [0.25, 0.3) is 0 Å². The number of furan rings is 1. The molecule has 0 amide bonds. The second-order valence-electron chi connectivity index (χ2n) is 5.02. The number of benzene rings is 1. The molecule has 0 unspecified atom stereocenters. The maximum absolute atomic E-state index is 5.35. The summed E-state index contributed by atoms with van der Waals surface area (Å²) in [4.78, 5) is 2.10. The first-order valence-electron chi connectivity index (χ1n) is 6.84. The Morgan fingerprint density at radius 1 is 1.25 bits per heavy atom. The lowest BCUT2D eigenvalue weighted by Crippen LogP contribution is -2.20. The molecule has 0 saturated heterocycles. The van der Waals surface area contributed by atoms with Crippen molar-refractivity contribution in [1.82, 2.24) is 5.32 Å². The average Bonchev–Trinajstić information content (AvgIpc) is 2.97. The van der Waals surface area contributed by atoms with Crippen LogP contribution in [-0.2, 0) is 6.54 Å². The smallest absolute Gasteiger partial charge is 0.117 e. The molecule has 1 aromatic heterocycles. The van der Waals surface area contributed by atoms with Gasteiger partial charge in [-0.25, -0.2) is 0 Å². The van der Waals surface area contributed by atoms with E-state index in [-0.39, 0.29) is 6.04 Å². The van der Waals surface area contributed by atoms with Gasteiger partial charge in [-0.2, -0.15) is 0 Å². The molecule has 0 saturated carbocycles. The SMILES string of the molecule is C=CC[C@@H](NCc1ccco1)c1ccc(N(C)C)cc1. The fourth-order valence-electron chi connectivity index (χ4n) is 2.15. The summed E-state index contributed by atoms with van der Waals surface area (Å²) in [5.74, 6) is 0.948. The van der Waals surface area contributed by atoms with Crippen LogP contribution in [0.1, 0.15) is 23.8 Å². The van der Waals surface area contributed by atoms with Crippen LogP contribution in [0.4, 0.5) is 5.69 Å². The molecule has 0 radical (unpaired) electrons. The largest absolute Gasteiger partial charge is 0.468 e. The summed E-state index contributed by atoms with van der Waals surface area (Å²) in [6.07, 6.45) is 4.53. The van der Waals surface area contributed by atoms with Gasteiger partial charge in [0.05, 0.1) is 12.8 Å². The monoisotopic (exact) mass is 270 g/mol. The van der Waals surface area contributed by atoms with E-state index in [2.05, 4.69) is 41.1 Å². The summed E-state index contributed by atoms with van der Waals surface area (Å²) in [5.41, 5.74) is 2.47. The molecule has 106 valence electrons. The average molecular weight is 270 g/mol. The van der Waals surface area contributed by atoms with Gasteiger partial charge in [-0.15, -0.1) is 6.58 Å². The zero-order chi connectivity index (χ0) is 14.4. The van der Waals surface area contributed by atoms with Crippen molar-refractivity contribution in [3.8, 4) is 0 Å². The van der Waals surface area contributed by atoms with Crippen molar-refractivity contribution in [2.45, 2.75) is 19.0 Å². The van der Waals surface area contributed by atoms with Crippen LogP contribution >= 0.6 is 0 Å². The molecular formula is C17H22N2O. The van der Waals surface area contributed by atoms with Gasteiger partial charge in [0.2, 0.25) is 0 Å². The first-order valence-corrected chi connectivity index (χ1v) is 6.84. The third kappa shape index (κ3) is 3.75. The molecule has 1 aromatic carbocycles. The van der Waals surface area contributed by atoms with Crippen molar-refractivity contribution in [3.63, 3.8) is 0 Å². The van der Waals surface area contributed by atoms with Crippen LogP contribution in [0.15, 0.2) is 59.7 Å². The lowest BCUT2D eigenvalue weighted by molar-refractivity contribution is 0.450. The number of hydrogen-bond donors (Lipinski definition) is 1. The van der Waals surface area contributed by atoms with E-state index in [1.807, 2.05) is 32.3 Å². The van der Waals surface area contributed by atoms with Crippen LogP contribution < -0.4 is 10.2 Å². The molecule has 2 rings (SSSR count). The first kappa shape index (κ1) is 14.4. The Hall–Kier alpha value is -2.00. The van der Waals surface area contributed by atoms with Crippen LogP contribution in [0, 0.1) is 0 Å². The number of hydrogen-bond acceptors (Lipinski definition) is 3. The van der Waals surface area contributed by atoms with Crippen LogP contribution in [0.3, 0.4) is 0 Å². The summed E-state index contributed by atoms with van der Waals surface area (Å²) in [6, 6.07) is 12.8. The first-order chi connectivity index (χ1) is 9.70. The maximum atomic E-state index is 5.35. The molecule has 0 fully saturated rings. The minimum Gasteiger partial charge on any atom is -0.468 e. The molecule has 0 aliphatic carbocycles. The fraction of sp³-hybridized carbons (Fsp3) is 0.294. The van der Waals surface area contributed by atoms with Gasteiger partial charge in [-0.05, 0) is 36.2 Å². The van der Waals surface area contributed by atoms with Crippen molar-refractivity contribution < 1.29 is 4.42 Å². The minimum atomic E-state index is 0.258. The zero-order valence-corrected chi connectivity index (χ0v) is 12.2. The van der Waals surface area contributed by atoms with Crippen molar-refractivity contribution in [1.29, 1.82) is 0 Å². The standard InChI is InChI=1S/C17H22N2O/c1-4-6-17(18-13-16-7-5-12-20-16)14-8-10-15(11-9-14)19(2)3/h4-5,7-12,17-18H,1,6,13H2,2-3H3/t17-/m1/s1. The zero-order valence-electron chi connectivity index (χ0n) is 12.2. The number of rotatable bonds is 7. The van der Waals surface area contributed by atoms with Gasteiger partial charge in [-0.1, -0.05) is 18.2 Å². The predicted octanol–water partition coefficient (Wildman–Crippen LogP) is 3.75. The minimum absolute atomic E-state index is 0.258. The highest BCUT2D eigenvalue weighted by atomic mass is 16.3. The van der Waals surface area contributed by atoms with Crippen molar-refractivity contribution in [3.05, 3.63) is 66.6 Å². The highest BCUT2D eigenvalue weighted by Gasteiger charge is 2.10. The van der Waals surface area contributed by atoms with E-state index in [1.54, 1.807) is 6.26 Å². The summed E-state index contributed by atoms with van der Waals surface area (Å²) in [6.45, 7) is 4.57. The highest BCUT2D eigenvalue weighted by Crippen LogP contribution is 2.21. The molecule has 0 bridgehead atoms. The number of nitrogens with one attached hydrogen (secondary N) is 1. The Morgan fingerprint density at radius 3 is 2.55 bits per heavy atom. The Morgan fingerprint density at radius 2 is 2.00 bits per heavy atom. The van der Waals surface area contributed by atoms with Gasteiger partial charge >= 0.3 is 0 Å². The van der Waals surface area contributed by atoms with E-state index in [0.29, 0.717) is 0 Å². The second-order valence-corrected chi connectivity index (χ2v) is 5.02. The van der Waals surface area contributed by atoms with Crippen molar-refractivity contribution in [2.24, 2.45) is 0 Å². The molecule has 20 heavy (non-hydrogen) atoms. The third-order valence-electron chi connectivity index (χ3n) is 3.32. The summed E-state index contributed by atoms with van der Waals surface area (Å²) >= 11 is 0. The van der Waals surface area contributed by atoms with Gasteiger partial charge in [0.15, 0.2) is 0 Å². The lowest BCUT2D eigenvalue weighted by Gasteiger charge is -2.19. The second kappa shape index (κ2) is 6.96. The number of nitrogens with zero attached hydrogens (tertiary/aromatic N) is 1. The molecule has 3 nitrogen and oxygen atoms in total. The summed E-state index contributed by atoms with van der Waals surface area (Å²) < 4.78 is 5.35. The van der Waals surface area contributed by atoms with Crippen LogP contribution in [-0.4, -0.2) is 14.1 Å². The predicted molar refractivity (Wildman–Crippen MR) is 83.9 cm³/mol. The normalized spacial score (nSPS) is 12.1. The maximum Gasteiger partial charge on any atom is 0.117 e. The van der Waals surface area contributed by atoms with E-state index in [9.17, 15) is 0 Å². The molecule has 0 spiro atoms. The molecule has 1 N–H and O–H groups in total. The summed E-state index contributed by atoms with van der Waals surface area (Å²) in [7, 11) is 4.09. The fourth-order valence-corrected chi connectivity index (χ4v) is 2.15. The molecule has 0 aliphatic rings. The Labute approximate surface area is 120 Å². The van der Waals surface area contributed by atoms with Gasteiger partial charge < -0.3 is 14.6 Å². The van der Waals surface area contributed by atoms with Gasteiger partial charge in [0, 0.05) is 25.8 Å². The quantitative estimate of drug-likeness (QED) is 0.777. The topological polar surface area (TPSA) is 28.4 Å². The Kier molecular flexibility index (Phi) is 5.02.